The van der Waals surface area contributed by atoms with Crippen molar-refractivity contribution in [2.24, 2.45) is 0 Å². The molecular weight excluding hydrogens is 268 g/mol. The number of carboxylic acid groups (broad SMARTS) is 1. The van der Waals surface area contributed by atoms with Gasteiger partial charge in [0.1, 0.15) is 5.69 Å². The second kappa shape index (κ2) is 5.75. The molecule has 2 rings (SSSR count). The van der Waals surface area contributed by atoms with Crippen LogP contribution in [0.15, 0.2) is 36.5 Å². The number of nitrogens with zero attached hydrogens (tertiary/aromatic N) is 2. The fraction of sp³-hybridized carbons (Fsp3) is 0.188. The van der Waals surface area contributed by atoms with Crippen LogP contribution in [0.4, 0.5) is 5.69 Å². The number of aromatic nitrogens is 1. The van der Waals surface area contributed by atoms with E-state index in [1.807, 2.05) is 32.0 Å². The van der Waals surface area contributed by atoms with E-state index < -0.39 is 5.97 Å². The molecule has 1 aromatic carbocycles. The molecule has 1 aromatic heterocycles. The number of carbonyl (C=O) groups is 2. The molecule has 0 spiro atoms. The van der Waals surface area contributed by atoms with E-state index in [0.29, 0.717) is 5.56 Å². The van der Waals surface area contributed by atoms with Crippen LogP contribution in [0.1, 0.15) is 32.0 Å². The lowest BCUT2D eigenvalue weighted by Crippen LogP contribution is -2.27. The van der Waals surface area contributed by atoms with E-state index in [0.717, 1.165) is 16.8 Å². The predicted octanol–water partition coefficient (Wildman–Crippen LogP) is 2.67. The maximum atomic E-state index is 12.4. The van der Waals surface area contributed by atoms with Crippen molar-refractivity contribution in [1.29, 1.82) is 0 Å². The second-order valence-electron chi connectivity index (χ2n) is 4.89. The minimum Gasteiger partial charge on any atom is -0.477 e. The zero-order valence-corrected chi connectivity index (χ0v) is 12.1. The topological polar surface area (TPSA) is 70.5 Å². The molecule has 1 N–H and O–H groups in total. The van der Waals surface area contributed by atoms with Crippen LogP contribution < -0.4 is 4.90 Å². The number of carboxylic acids is 1. The Bertz CT molecular complexity index is 693. The predicted molar refractivity (Wildman–Crippen MR) is 79.8 cm³/mol. The summed E-state index contributed by atoms with van der Waals surface area (Å²) >= 11 is 0. The zero-order valence-electron chi connectivity index (χ0n) is 12.1. The van der Waals surface area contributed by atoms with Gasteiger partial charge < -0.3 is 10.0 Å². The van der Waals surface area contributed by atoms with Gasteiger partial charge in [0.2, 0.25) is 0 Å². The summed E-state index contributed by atoms with van der Waals surface area (Å²) in [5.74, 6) is -1.34. The van der Waals surface area contributed by atoms with Crippen LogP contribution >= 0.6 is 0 Å². The van der Waals surface area contributed by atoms with Crippen LogP contribution in [-0.4, -0.2) is 29.0 Å². The summed E-state index contributed by atoms with van der Waals surface area (Å²) < 4.78 is 0. The Hall–Kier alpha value is -2.69. The second-order valence-corrected chi connectivity index (χ2v) is 4.89. The first-order valence-corrected chi connectivity index (χ1v) is 6.45. The summed E-state index contributed by atoms with van der Waals surface area (Å²) in [6.07, 6.45) is 1.28. The summed E-state index contributed by atoms with van der Waals surface area (Å²) in [7, 11) is 1.69. The van der Waals surface area contributed by atoms with Crippen LogP contribution in [0.25, 0.3) is 0 Å². The number of hydrogen-bond acceptors (Lipinski definition) is 3. The number of benzene rings is 1. The van der Waals surface area contributed by atoms with Gasteiger partial charge in [-0.2, -0.15) is 0 Å². The average Bonchev–Trinajstić information content (AvgIpc) is 2.46. The number of aromatic carboxylic acids is 1. The molecule has 0 aliphatic carbocycles. The van der Waals surface area contributed by atoms with E-state index in [2.05, 4.69) is 4.98 Å². The molecule has 108 valence electrons. The number of anilines is 1. The molecule has 0 aliphatic rings. The van der Waals surface area contributed by atoms with Gasteiger partial charge in [-0.1, -0.05) is 17.7 Å². The van der Waals surface area contributed by atoms with Crippen LogP contribution in [0, 0.1) is 13.8 Å². The molecule has 0 bridgehead atoms. The van der Waals surface area contributed by atoms with E-state index >= 15 is 0 Å². The number of rotatable bonds is 3. The number of amides is 1. The molecule has 5 nitrogen and oxygen atoms in total. The third-order valence-electron chi connectivity index (χ3n) is 3.25. The van der Waals surface area contributed by atoms with Crippen molar-refractivity contribution >= 4 is 17.6 Å². The molecule has 0 radical (unpaired) electrons. The standard InChI is InChI=1S/C16H16N2O3/c1-10-4-7-14(11(2)8-10)18(3)15(19)12-5-6-13(16(20)21)17-9-12/h4-9H,1-3H3,(H,20,21). The van der Waals surface area contributed by atoms with Crippen LogP contribution in [0.5, 0.6) is 0 Å². The van der Waals surface area contributed by atoms with Gasteiger partial charge in [-0.3, -0.25) is 4.79 Å². The van der Waals surface area contributed by atoms with E-state index in [-0.39, 0.29) is 11.6 Å². The monoisotopic (exact) mass is 284 g/mol. The number of carbonyl (C=O) groups excluding carboxylic acids is 1. The summed E-state index contributed by atoms with van der Waals surface area (Å²) in [5.41, 5.74) is 3.21. The van der Waals surface area contributed by atoms with Crippen molar-refractivity contribution in [3.05, 3.63) is 58.9 Å². The fourth-order valence-corrected chi connectivity index (χ4v) is 2.13. The largest absolute Gasteiger partial charge is 0.477 e. The van der Waals surface area contributed by atoms with Gasteiger partial charge >= 0.3 is 5.97 Å². The zero-order chi connectivity index (χ0) is 15.6. The lowest BCUT2D eigenvalue weighted by Gasteiger charge is -2.20. The first-order valence-electron chi connectivity index (χ1n) is 6.45. The molecule has 0 saturated heterocycles. The van der Waals surface area contributed by atoms with Gasteiger partial charge in [0.15, 0.2) is 0 Å². The fourth-order valence-electron chi connectivity index (χ4n) is 2.13. The first-order chi connectivity index (χ1) is 9.90. The molecule has 2 aromatic rings. The van der Waals surface area contributed by atoms with Crippen molar-refractivity contribution in [1.82, 2.24) is 4.98 Å². The molecule has 1 heterocycles. The molecular formula is C16H16N2O3. The molecule has 5 heteroatoms. The quantitative estimate of drug-likeness (QED) is 0.940. The third-order valence-corrected chi connectivity index (χ3v) is 3.25. The Kier molecular flexibility index (Phi) is 4.03. The normalized spacial score (nSPS) is 10.2. The summed E-state index contributed by atoms with van der Waals surface area (Å²) in [4.78, 5) is 28.5. The van der Waals surface area contributed by atoms with Gasteiger partial charge in [-0.05, 0) is 37.6 Å². The lowest BCUT2D eigenvalue weighted by molar-refractivity contribution is 0.0690. The van der Waals surface area contributed by atoms with Gasteiger partial charge in [-0.25, -0.2) is 9.78 Å². The van der Waals surface area contributed by atoms with Crippen molar-refractivity contribution in [2.45, 2.75) is 13.8 Å². The van der Waals surface area contributed by atoms with Gasteiger partial charge in [0.25, 0.3) is 5.91 Å². The minimum absolute atomic E-state index is 0.0827. The Balaban J connectivity index is 2.28. The highest BCUT2D eigenvalue weighted by molar-refractivity contribution is 6.06. The molecule has 0 fully saturated rings. The van der Waals surface area contributed by atoms with Crippen LogP contribution in [0.3, 0.4) is 0 Å². The van der Waals surface area contributed by atoms with Crippen molar-refractivity contribution in [3.8, 4) is 0 Å². The number of aryl methyl sites for hydroxylation is 2. The van der Waals surface area contributed by atoms with E-state index in [9.17, 15) is 9.59 Å². The number of hydrogen-bond donors (Lipinski definition) is 1. The Morgan fingerprint density at radius 1 is 1.14 bits per heavy atom. The van der Waals surface area contributed by atoms with Crippen molar-refractivity contribution in [2.75, 3.05) is 11.9 Å². The maximum absolute atomic E-state index is 12.4. The Morgan fingerprint density at radius 2 is 1.86 bits per heavy atom. The minimum atomic E-state index is -1.11. The van der Waals surface area contributed by atoms with E-state index in [4.69, 9.17) is 5.11 Å². The first kappa shape index (κ1) is 14.7. The highest BCUT2D eigenvalue weighted by Crippen LogP contribution is 2.21. The average molecular weight is 284 g/mol. The van der Waals surface area contributed by atoms with Crippen LogP contribution in [0.2, 0.25) is 0 Å². The highest BCUT2D eigenvalue weighted by Gasteiger charge is 2.16. The smallest absolute Gasteiger partial charge is 0.354 e. The van der Waals surface area contributed by atoms with Crippen molar-refractivity contribution < 1.29 is 14.7 Å². The third kappa shape index (κ3) is 3.08. The Morgan fingerprint density at radius 3 is 2.38 bits per heavy atom. The molecule has 1 amide bonds. The molecule has 0 aliphatic heterocycles. The summed E-state index contributed by atoms with van der Waals surface area (Å²) in [5, 5.41) is 8.81. The van der Waals surface area contributed by atoms with Gasteiger partial charge in [-0.15, -0.1) is 0 Å². The van der Waals surface area contributed by atoms with Gasteiger partial charge in [0, 0.05) is 18.9 Å². The maximum Gasteiger partial charge on any atom is 0.354 e. The SMILES string of the molecule is Cc1ccc(N(C)C(=O)c2ccc(C(=O)O)nc2)c(C)c1. The molecule has 0 unspecified atom stereocenters. The van der Waals surface area contributed by atoms with Gasteiger partial charge in [0.05, 0.1) is 5.56 Å². The molecule has 0 saturated carbocycles. The molecule has 21 heavy (non-hydrogen) atoms. The Labute approximate surface area is 122 Å². The summed E-state index contributed by atoms with van der Waals surface area (Å²) in [6, 6.07) is 8.63. The van der Waals surface area contributed by atoms with E-state index in [1.54, 1.807) is 7.05 Å². The highest BCUT2D eigenvalue weighted by atomic mass is 16.4. The number of pyridine rings is 1. The van der Waals surface area contributed by atoms with E-state index in [1.165, 1.54) is 23.2 Å². The lowest BCUT2D eigenvalue weighted by atomic mass is 10.1. The summed E-state index contributed by atoms with van der Waals surface area (Å²) in [6.45, 7) is 3.94. The van der Waals surface area contributed by atoms with Crippen LogP contribution in [-0.2, 0) is 0 Å². The van der Waals surface area contributed by atoms with Crippen molar-refractivity contribution in [3.63, 3.8) is 0 Å². The molecule has 0 atom stereocenters.